The van der Waals surface area contributed by atoms with Crippen LogP contribution in [0.3, 0.4) is 0 Å². The van der Waals surface area contributed by atoms with Gasteiger partial charge in [-0.1, -0.05) is 6.42 Å². The summed E-state index contributed by atoms with van der Waals surface area (Å²) < 4.78 is 45.1. The lowest BCUT2D eigenvalue weighted by molar-refractivity contribution is -0.152. The molecule has 1 fully saturated rings. The predicted molar refractivity (Wildman–Crippen MR) is 193 cm³/mol. The molecule has 17 heteroatoms. The number of sulfonamides is 1. The third-order valence-corrected chi connectivity index (χ3v) is 10.8. The van der Waals surface area contributed by atoms with E-state index in [2.05, 4.69) is 25.3 Å². The SMILES string of the molecule is COc1cc(C)c(S(=O)(=O)NC(N)=NCCC[C@H](NC(=O)[C@H](CC(=O)OC2CCCCC2)NC(=O)OC(C)(C)C)C(O)c2nccs2)c(C)c1C. The van der Waals surface area contributed by atoms with Crippen molar-refractivity contribution in [2.45, 2.75) is 128 Å². The van der Waals surface area contributed by atoms with Gasteiger partial charge in [0.1, 0.15) is 34.6 Å². The van der Waals surface area contributed by atoms with Crippen LogP contribution in [0.1, 0.15) is 99.9 Å². The number of hydrogen-bond donors (Lipinski definition) is 5. The highest BCUT2D eigenvalue weighted by atomic mass is 32.2. The number of benzene rings is 1. The van der Waals surface area contributed by atoms with Crippen molar-refractivity contribution in [2.75, 3.05) is 13.7 Å². The van der Waals surface area contributed by atoms with E-state index in [1.165, 1.54) is 24.6 Å². The number of carbonyl (C=O) groups excluding carboxylic acids is 3. The minimum Gasteiger partial charge on any atom is -0.496 e. The van der Waals surface area contributed by atoms with Crippen LogP contribution in [0, 0.1) is 20.8 Å². The number of rotatable bonds is 15. The summed E-state index contributed by atoms with van der Waals surface area (Å²) in [6, 6.07) is -0.653. The van der Waals surface area contributed by atoms with Crippen LogP contribution in [0.4, 0.5) is 4.79 Å². The summed E-state index contributed by atoms with van der Waals surface area (Å²) >= 11 is 1.19. The Morgan fingerprint density at radius 1 is 1.12 bits per heavy atom. The van der Waals surface area contributed by atoms with Crippen LogP contribution in [-0.4, -0.2) is 79.9 Å². The number of thiazole rings is 1. The van der Waals surface area contributed by atoms with Gasteiger partial charge in [0.05, 0.1) is 24.5 Å². The first-order chi connectivity index (χ1) is 23.9. The number of carbonyl (C=O) groups is 3. The third-order valence-electron chi connectivity index (χ3n) is 8.30. The van der Waals surface area contributed by atoms with Crippen LogP contribution in [0.25, 0.3) is 0 Å². The van der Waals surface area contributed by atoms with Gasteiger partial charge in [0.2, 0.25) is 11.9 Å². The van der Waals surface area contributed by atoms with Crippen molar-refractivity contribution in [3.05, 3.63) is 39.3 Å². The molecule has 1 aliphatic rings. The fourth-order valence-corrected chi connectivity index (χ4v) is 7.93. The molecule has 3 rings (SSSR count). The van der Waals surface area contributed by atoms with E-state index in [1.807, 2.05) is 0 Å². The number of aromatic nitrogens is 1. The van der Waals surface area contributed by atoms with Gasteiger partial charge in [-0.05, 0) is 103 Å². The number of aliphatic hydroxyl groups excluding tert-OH is 1. The van der Waals surface area contributed by atoms with Gasteiger partial charge in [-0.15, -0.1) is 11.3 Å². The zero-order valence-electron chi connectivity index (χ0n) is 30.4. The minimum atomic E-state index is -4.08. The molecule has 2 aromatic rings. The lowest BCUT2D eigenvalue weighted by Gasteiger charge is -2.27. The van der Waals surface area contributed by atoms with Gasteiger partial charge in [-0.25, -0.2) is 22.9 Å². The number of nitrogens with one attached hydrogen (secondary N) is 3. The molecule has 0 saturated heterocycles. The Kier molecular flexibility index (Phi) is 15.0. The van der Waals surface area contributed by atoms with Crippen LogP contribution in [0.15, 0.2) is 27.5 Å². The number of nitrogens with two attached hydrogens (primary N) is 1. The van der Waals surface area contributed by atoms with E-state index >= 15 is 0 Å². The van der Waals surface area contributed by atoms with Gasteiger partial charge >= 0.3 is 12.1 Å². The third kappa shape index (κ3) is 12.6. The van der Waals surface area contributed by atoms with E-state index < -0.39 is 58.2 Å². The molecule has 1 aliphatic carbocycles. The number of methoxy groups -OCH3 is 1. The highest BCUT2D eigenvalue weighted by Gasteiger charge is 2.32. The average molecular weight is 753 g/mol. The summed E-state index contributed by atoms with van der Waals surface area (Å²) in [7, 11) is -2.57. The van der Waals surface area contributed by atoms with E-state index in [4.69, 9.17) is 19.9 Å². The van der Waals surface area contributed by atoms with E-state index in [9.17, 15) is 27.9 Å². The van der Waals surface area contributed by atoms with Gasteiger partial charge in [-0.3, -0.25) is 14.6 Å². The van der Waals surface area contributed by atoms with Gasteiger partial charge in [-0.2, -0.15) is 0 Å². The monoisotopic (exact) mass is 752 g/mol. The summed E-state index contributed by atoms with van der Waals surface area (Å²) in [5.41, 5.74) is 6.79. The largest absolute Gasteiger partial charge is 0.496 e. The molecule has 1 unspecified atom stereocenters. The molecule has 1 aromatic carbocycles. The van der Waals surface area contributed by atoms with Crippen molar-refractivity contribution >= 4 is 45.3 Å². The van der Waals surface area contributed by atoms with Gasteiger partial charge < -0.3 is 35.7 Å². The number of alkyl carbamates (subject to hydrolysis) is 1. The zero-order valence-corrected chi connectivity index (χ0v) is 32.0. The fraction of sp³-hybridized carbons (Fsp3) is 0.618. The highest BCUT2D eigenvalue weighted by Crippen LogP contribution is 2.30. The number of aliphatic hydroxyl groups is 1. The molecule has 0 aliphatic heterocycles. The summed E-state index contributed by atoms with van der Waals surface area (Å²) in [6.45, 7) is 10.1. The molecule has 284 valence electrons. The average Bonchev–Trinajstić information content (AvgIpc) is 3.58. The Labute approximate surface area is 304 Å². The number of guanidine groups is 1. The number of ether oxygens (including phenoxy) is 3. The molecule has 0 spiro atoms. The molecular weight excluding hydrogens is 701 g/mol. The first kappa shape index (κ1) is 41.5. The second-order valence-corrected chi connectivity index (χ2v) is 16.1. The Bertz CT molecular complexity index is 1640. The summed E-state index contributed by atoms with van der Waals surface area (Å²) in [6.07, 6.45) is 3.51. The number of esters is 1. The van der Waals surface area contributed by atoms with E-state index in [0.717, 1.165) is 32.1 Å². The summed E-state index contributed by atoms with van der Waals surface area (Å²) in [5.74, 6) is -1.14. The van der Waals surface area contributed by atoms with Crippen LogP contribution < -0.4 is 25.8 Å². The first-order valence-corrected chi connectivity index (χ1v) is 19.3. The lowest BCUT2D eigenvalue weighted by atomic mass is 9.98. The van der Waals surface area contributed by atoms with Crippen molar-refractivity contribution in [3.63, 3.8) is 0 Å². The van der Waals surface area contributed by atoms with Gasteiger partial charge in [0.15, 0.2) is 0 Å². The van der Waals surface area contributed by atoms with Gasteiger partial charge in [0.25, 0.3) is 10.0 Å². The van der Waals surface area contributed by atoms with Gasteiger partial charge in [0, 0.05) is 18.1 Å². The zero-order chi connectivity index (χ0) is 37.9. The number of hydrogen-bond acceptors (Lipinski definition) is 12. The molecule has 3 atom stereocenters. The molecule has 1 saturated carbocycles. The first-order valence-electron chi connectivity index (χ1n) is 17.0. The predicted octanol–water partition coefficient (Wildman–Crippen LogP) is 3.83. The normalized spacial score (nSPS) is 16.0. The molecule has 0 bridgehead atoms. The molecule has 0 radical (unpaired) electrons. The summed E-state index contributed by atoms with van der Waals surface area (Å²) in [5, 5.41) is 18.4. The van der Waals surface area contributed by atoms with Crippen molar-refractivity contribution < 1.29 is 42.1 Å². The standard InChI is InChI=1S/C34H52N6O9S2/c1-20-18-26(47-7)21(2)22(3)29(20)51(45,46)40-32(35)37-15-11-14-24(28(42)31-36-16-17-50-31)38-30(43)25(39-33(44)49-34(4,5)6)19-27(41)48-23-12-9-8-10-13-23/h16-18,23-25,28,42H,8-15,19H2,1-7H3,(H,38,43)(H,39,44)(H3,35,37,40)/t24-,25-,28?/m0/s1. The van der Waals surface area contributed by atoms with Crippen molar-refractivity contribution in [1.29, 1.82) is 0 Å². The van der Waals surface area contributed by atoms with Crippen LogP contribution >= 0.6 is 11.3 Å². The Balaban J connectivity index is 1.73. The number of aliphatic imine (C=N–C) groups is 1. The number of amides is 2. The smallest absolute Gasteiger partial charge is 0.408 e. The molecule has 6 N–H and O–H groups in total. The molecular formula is C34H52N6O9S2. The van der Waals surface area contributed by atoms with Crippen LogP contribution in [-0.2, 0) is 29.1 Å². The highest BCUT2D eigenvalue weighted by molar-refractivity contribution is 7.90. The van der Waals surface area contributed by atoms with Crippen molar-refractivity contribution in [2.24, 2.45) is 10.7 Å². The number of nitrogens with zero attached hydrogens (tertiary/aromatic N) is 2. The van der Waals surface area contributed by atoms with Crippen molar-refractivity contribution in [1.82, 2.24) is 20.3 Å². The lowest BCUT2D eigenvalue weighted by Crippen LogP contribution is -2.52. The minimum absolute atomic E-state index is 0.0399. The summed E-state index contributed by atoms with van der Waals surface area (Å²) in [4.78, 5) is 47.7. The second kappa shape index (κ2) is 18.5. The number of aryl methyl sites for hydroxylation is 1. The molecule has 1 heterocycles. The van der Waals surface area contributed by atoms with E-state index in [1.54, 1.807) is 53.0 Å². The maximum Gasteiger partial charge on any atom is 0.408 e. The molecule has 1 aromatic heterocycles. The Morgan fingerprint density at radius 2 is 1.80 bits per heavy atom. The quantitative estimate of drug-likeness (QED) is 0.0762. The molecule has 51 heavy (non-hydrogen) atoms. The topological polar surface area (TPSA) is 221 Å². The second-order valence-electron chi connectivity index (χ2n) is 13.6. The van der Waals surface area contributed by atoms with Crippen molar-refractivity contribution in [3.8, 4) is 5.75 Å². The Morgan fingerprint density at radius 3 is 2.41 bits per heavy atom. The van der Waals surface area contributed by atoms with E-state index in [-0.39, 0.29) is 36.3 Å². The van der Waals surface area contributed by atoms with Crippen LogP contribution in [0.5, 0.6) is 5.75 Å². The van der Waals surface area contributed by atoms with E-state index in [0.29, 0.717) is 27.4 Å². The maximum atomic E-state index is 13.7. The van der Waals surface area contributed by atoms with Crippen LogP contribution in [0.2, 0.25) is 0 Å². The maximum absolute atomic E-state index is 13.7. The molecule has 15 nitrogen and oxygen atoms in total. The Hall–Kier alpha value is -3.96. The fourth-order valence-electron chi connectivity index (χ4n) is 5.77. The molecule has 2 amide bonds.